The van der Waals surface area contributed by atoms with E-state index in [0.717, 1.165) is 3.97 Å². The molecule has 1 aromatic carbocycles. The van der Waals surface area contributed by atoms with Gasteiger partial charge < -0.3 is 4.90 Å². The lowest BCUT2D eigenvalue weighted by Crippen LogP contribution is -2.14. The van der Waals surface area contributed by atoms with Gasteiger partial charge in [0.05, 0.1) is 11.4 Å². The third-order valence-electron chi connectivity index (χ3n) is 4.00. The quantitative estimate of drug-likeness (QED) is 0.675. The van der Waals surface area contributed by atoms with Gasteiger partial charge in [0.25, 0.3) is 10.0 Å². The van der Waals surface area contributed by atoms with Gasteiger partial charge in [-0.05, 0) is 36.8 Å². The number of anilines is 1. The molecule has 2 heterocycles. The number of aromatic nitrogens is 2. The zero-order valence-corrected chi connectivity index (χ0v) is 16.2. The Morgan fingerprint density at radius 3 is 2.38 bits per heavy atom. The average Bonchev–Trinajstić information content (AvgIpc) is 2.94. The van der Waals surface area contributed by atoms with Gasteiger partial charge >= 0.3 is 0 Å². The Morgan fingerprint density at radius 1 is 1.12 bits per heavy atom. The second-order valence-electron chi connectivity index (χ2n) is 5.85. The van der Waals surface area contributed by atoms with Crippen LogP contribution in [0.3, 0.4) is 0 Å². The van der Waals surface area contributed by atoms with Crippen LogP contribution in [0.15, 0.2) is 59.9 Å². The van der Waals surface area contributed by atoms with E-state index in [0.29, 0.717) is 16.9 Å². The van der Waals surface area contributed by atoms with Gasteiger partial charge in [0.2, 0.25) is 0 Å². The first-order chi connectivity index (χ1) is 11.8. The van der Waals surface area contributed by atoms with Crippen LogP contribution in [-0.2, 0) is 10.0 Å². The molecule has 0 atom stereocenters. The van der Waals surface area contributed by atoms with Crippen LogP contribution in [0.5, 0.6) is 0 Å². The van der Waals surface area contributed by atoms with Crippen LogP contribution in [0, 0.1) is 12.7 Å². The maximum Gasteiger partial charge on any atom is 0.269 e. The highest BCUT2D eigenvalue weighted by Gasteiger charge is 2.26. The van der Waals surface area contributed by atoms with E-state index in [4.69, 9.17) is 0 Å². The van der Waals surface area contributed by atoms with Crippen molar-refractivity contribution >= 4 is 28.1 Å². The van der Waals surface area contributed by atoms with Crippen molar-refractivity contribution in [1.29, 1.82) is 0 Å². The highest BCUT2D eigenvalue weighted by molar-refractivity contribution is 7.90. The fourth-order valence-corrected chi connectivity index (χ4v) is 4.17. The number of benzene rings is 1. The fourth-order valence-electron chi connectivity index (χ4n) is 2.79. The average molecular weight is 396 g/mol. The normalized spacial score (nSPS) is 11.1. The van der Waals surface area contributed by atoms with Crippen molar-refractivity contribution in [1.82, 2.24) is 8.96 Å². The van der Waals surface area contributed by atoms with Crippen molar-refractivity contribution in [3.8, 4) is 11.3 Å². The van der Waals surface area contributed by atoms with Crippen LogP contribution in [0.4, 0.5) is 10.1 Å². The molecule has 0 radical (unpaired) electrons. The molecule has 3 aromatic rings. The van der Waals surface area contributed by atoms with Gasteiger partial charge in [-0.3, -0.25) is 4.98 Å². The number of hydrogen-bond acceptors (Lipinski definition) is 4. The van der Waals surface area contributed by atoms with Crippen molar-refractivity contribution < 1.29 is 12.8 Å². The number of hydrogen-bond donors (Lipinski definition) is 0. The van der Waals surface area contributed by atoms with Gasteiger partial charge in [0.1, 0.15) is 10.7 Å². The van der Waals surface area contributed by atoms with Crippen LogP contribution in [0.1, 0.15) is 5.56 Å². The number of halogens is 2. The van der Waals surface area contributed by atoms with E-state index in [-0.39, 0.29) is 22.9 Å². The predicted octanol–water partition coefficient (Wildman–Crippen LogP) is 3.72. The summed E-state index contributed by atoms with van der Waals surface area (Å²) in [7, 11) is -0.281. The first-order valence-corrected chi connectivity index (χ1v) is 9.08. The van der Waals surface area contributed by atoms with E-state index in [2.05, 4.69) is 4.98 Å². The molecule has 0 fully saturated rings. The largest absolute Gasteiger partial charge is 0.376 e. The van der Waals surface area contributed by atoms with Crippen molar-refractivity contribution in [3.05, 3.63) is 66.4 Å². The van der Waals surface area contributed by atoms with Gasteiger partial charge in [0, 0.05) is 38.2 Å². The van der Waals surface area contributed by atoms with Crippen molar-refractivity contribution in [2.75, 3.05) is 19.0 Å². The Morgan fingerprint density at radius 2 is 1.81 bits per heavy atom. The lowest BCUT2D eigenvalue weighted by atomic mass is 10.1. The summed E-state index contributed by atoms with van der Waals surface area (Å²) in [6.45, 7) is 1.78. The maximum absolute atomic E-state index is 14.4. The second-order valence-corrected chi connectivity index (χ2v) is 7.67. The first kappa shape index (κ1) is 19.9. The van der Waals surface area contributed by atoms with Crippen molar-refractivity contribution in [3.63, 3.8) is 0 Å². The molecule has 0 saturated carbocycles. The summed E-state index contributed by atoms with van der Waals surface area (Å²) in [5.41, 5.74) is 1.93. The molecule has 0 aliphatic rings. The Balaban J connectivity index is 0.00000243. The molecule has 0 aliphatic heterocycles. The summed E-state index contributed by atoms with van der Waals surface area (Å²) >= 11 is 0. The zero-order valence-electron chi connectivity index (χ0n) is 14.5. The Hall–Kier alpha value is -2.38. The van der Waals surface area contributed by atoms with Crippen LogP contribution in [0.2, 0.25) is 0 Å². The molecule has 0 N–H and O–H groups in total. The summed E-state index contributed by atoms with van der Waals surface area (Å²) in [5, 5.41) is 0. The van der Waals surface area contributed by atoms with Gasteiger partial charge in [-0.25, -0.2) is 16.8 Å². The van der Waals surface area contributed by atoms with Crippen LogP contribution >= 0.6 is 12.4 Å². The van der Waals surface area contributed by atoms with Gasteiger partial charge in [0.15, 0.2) is 0 Å². The maximum atomic E-state index is 14.4. The molecule has 0 spiro atoms. The monoisotopic (exact) mass is 395 g/mol. The molecule has 0 saturated heterocycles. The lowest BCUT2D eigenvalue weighted by molar-refractivity contribution is 0.587. The number of pyridine rings is 1. The molecule has 8 heteroatoms. The highest BCUT2D eigenvalue weighted by atomic mass is 35.5. The second kappa shape index (κ2) is 7.47. The highest BCUT2D eigenvalue weighted by Crippen LogP contribution is 2.36. The molecule has 0 aliphatic carbocycles. The third-order valence-corrected chi connectivity index (χ3v) is 5.64. The van der Waals surface area contributed by atoms with Crippen LogP contribution in [0.25, 0.3) is 11.3 Å². The van der Waals surface area contributed by atoms with Crippen LogP contribution in [-0.4, -0.2) is 31.5 Å². The molecule has 0 bridgehead atoms. The Labute approximate surface area is 158 Å². The summed E-state index contributed by atoms with van der Waals surface area (Å²) < 4.78 is 41.8. The lowest BCUT2D eigenvalue weighted by Gasteiger charge is -2.12. The Bertz CT molecular complexity index is 1020. The van der Waals surface area contributed by atoms with Gasteiger partial charge in [-0.15, -0.1) is 12.4 Å². The molecule has 3 rings (SSSR count). The van der Waals surface area contributed by atoms with E-state index in [9.17, 15) is 12.8 Å². The fraction of sp³-hybridized carbons (Fsp3) is 0.167. The van der Waals surface area contributed by atoms with Crippen molar-refractivity contribution in [2.24, 2.45) is 0 Å². The molecule has 26 heavy (non-hydrogen) atoms. The van der Waals surface area contributed by atoms with E-state index >= 15 is 0 Å². The SMILES string of the molecule is Cc1c(N(C)C)cn(S(=O)(=O)c2cccnc2)c1-c1ccccc1F.Cl. The minimum absolute atomic E-state index is 0. The number of rotatable bonds is 4. The molecule has 0 unspecified atom stereocenters. The molecule has 5 nitrogen and oxygen atoms in total. The molecule has 2 aromatic heterocycles. The van der Waals surface area contributed by atoms with Gasteiger partial charge in [-0.2, -0.15) is 0 Å². The molecular weight excluding hydrogens is 377 g/mol. The van der Waals surface area contributed by atoms with E-state index in [1.165, 1.54) is 30.7 Å². The smallest absolute Gasteiger partial charge is 0.269 e. The third kappa shape index (κ3) is 3.32. The van der Waals surface area contributed by atoms with Gasteiger partial charge in [-0.1, -0.05) is 12.1 Å². The van der Waals surface area contributed by atoms with E-state index in [1.807, 2.05) is 14.1 Å². The van der Waals surface area contributed by atoms with Crippen LogP contribution < -0.4 is 4.90 Å². The summed E-state index contributed by atoms with van der Waals surface area (Å²) in [5.74, 6) is -0.475. The topological polar surface area (TPSA) is 55.2 Å². The number of nitrogens with zero attached hydrogens (tertiary/aromatic N) is 3. The molecule has 138 valence electrons. The predicted molar refractivity (Wildman–Crippen MR) is 103 cm³/mol. The molecular formula is C18H19ClFN3O2S. The first-order valence-electron chi connectivity index (χ1n) is 7.64. The van der Waals surface area contributed by atoms with E-state index in [1.54, 1.807) is 36.1 Å². The van der Waals surface area contributed by atoms with E-state index < -0.39 is 15.8 Å². The van der Waals surface area contributed by atoms with Crippen molar-refractivity contribution in [2.45, 2.75) is 11.8 Å². The summed E-state index contributed by atoms with van der Waals surface area (Å²) in [6.07, 6.45) is 4.30. The zero-order chi connectivity index (χ0) is 18.2. The standard InChI is InChI=1S/C18H18FN3O2S.ClH/c1-13-17(21(2)3)12-22(18(13)15-8-4-5-9-16(15)19)25(23,24)14-7-6-10-20-11-14;/h4-12H,1-3H3;1H. The minimum atomic E-state index is -3.91. The minimum Gasteiger partial charge on any atom is -0.376 e. The summed E-state index contributed by atoms with van der Waals surface area (Å²) in [4.78, 5) is 5.73. The molecule has 0 amide bonds. The summed E-state index contributed by atoms with van der Waals surface area (Å²) in [6, 6.07) is 9.17. The Kier molecular flexibility index (Phi) is 5.73.